The summed E-state index contributed by atoms with van der Waals surface area (Å²) < 4.78 is 56.9. The van der Waals surface area contributed by atoms with Crippen LogP contribution in [0.2, 0.25) is 10.0 Å². The van der Waals surface area contributed by atoms with Gasteiger partial charge in [-0.1, -0.05) is 30.1 Å². The predicted octanol–water partition coefficient (Wildman–Crippen LogP) is 2.98. The van der Waals surface area contributed by atoms with Crippen molar-refractivity contribution in [3.8, 4) is 5.75 Å². The van der Waals surface area contributed by atoms with Gasteiger partial charge in [0, 0.05) is 24.1 Å². The Morgan fingerprint density at radius 3 is 2.06 bits per heavy atom. The molecule has 9 nitrogen and oxygen atoms in total. The average Bonchev–Trinajstić information content (AvgIpc) is 2.73. The van der Waals surface area contributed by atoms with E-state index in [1.807, 2.05) is 0 Å². The third-order valence-electron chi connectivity index (χ3n) is 4.70. The van der Waals surface area contributed by atoms with Crippen LogP contribution in [0, 0.1) is 0 Å². The van der Waals surface area contributed by atoms with E-state index in [-0.39, 0.29) is 40.2 Å². The topological polar surface area (TPSA) is 113 Å². The molecule has 13 heteroatoms. The smallest absolute Gasteiger partial charge is 0.244 e. The molecule has 0 saturated heterocycles. The largest absolute Gasteiger partial charge is 0.492 e. The van der Waals surface area contributed by atoms with Crippen LogP contribution in [-0.2, 0) is 24.8 Å². The molecule has 0 saturated carbocycles. The molecular weight excluding hydrogens is 525 g/mol. The molecule has 2 rings (SSSR count). The number of ether oxygens (including phenoxy) is 1. The number of hydrogen-bond acceptors (Lipinski definition) is 6. The number of amides is 1. The number of carbonyl (C=O) groups excluding carboxylic acids is 1. The van der Waals surface area contributed by atoms with Crippen LogP contribution in [0.15, 0.2) is 47.4 Å². The third-order valence-corrected chi connectivity index (χ3v) is 8.15. The molecule has 0 aliphatic rings. The lowest BCUT2D eigenvalue weighted by Crippen LogP contribution is -2.50. The lowest BCUT2D eigenvalue weighted by atomic mass is 10.2. The molecule has 1 amide bonds. The van der Waals surface area contributed by atoms with Crippen molar-refractivity contribution in [2.24, 2.45) is 0 Å². The van der Waals surface area contributed by atoms with Crippen molar-refractivity contribution in [2.45, 2.75) is 24.3 Å². The molecule has 2 aromatic carbocycles. The summed E-state index contributed by atoms with van der Waals surface area (Å²) in [5.41, 5.74) is 0.186. The Labute approximate surface area is 210 Å². The minimum atomic E-state index is -3.83. The summed E-state index contributed by atoms with van der Waals surface area (Å²) in [5.74, 6) is -0.0922. The van der Waals surface area contributed by atoms with Gasteiger partial charge in [0.15, 0.2) is 0 Å². The second kappa shape index (κ2) is 11.6. The fraction of sp³-hybridized carbons (Fsp3) is 0.381. The molecule has 0 radical (unpaired) electrons. The molecule has 0 bridgehead atoms. The lowest BCUT2D eigenvalue weighted by molar-refractivity contribution is -0.122. The van der Waals surface area contributed by atoms with Crippen LogP contribution in [0.1, 0.15) is 13.3 Å². The molecule has 1 atom stereocenters. The second-order valence-corrected chi connectivity index (χ2v) is 12.4. The number of rotatable bonds is 11. The summed E-state index contributed by atoms with van der Waals surface area (Å²) in [4.78, 5) is 13.0. The second-order valence-electron chi connectivity index (χ2n) is 7.51. The van der Waals surface area contributed by atoms with Crippen LogP contribution < -0.4 is 14.4 Å². The molecule has 0 fully saturated rings. The zero-order chi connectivity index (χ0) is 25.7. The molecule has 0 aliphatic heterocycles. The van der Waals surface area contributed by atoms with Crippen molar-refractivity contribution in [3.63, 3.8) is 0 Å². The minimum absolute atomic E-state index is 0.0871. The molecule has 0 unspecified atom stereocenters. The zero-order valence-corrected chi connectivity index (χ0v) is 22.3. The average molecular weight is 553 g/mol. The zero-order valence-electron chi connectivity index (χ0n) is 19.2. The summed E-state index contributed by atoms with van der Waals surface area (Å²) in [6.45, 7) is 1.87. The van der Waals surface area contributed by atoms with E-state index in [0.29, 0.717) is 5.75 Å². The third kappa shape index (κ3) is 7.22. The Kier molecular flexibility index (Phi) is 9.61. The predicted molar refractivity (Wildman–Crippen MR) is 134 cm³/mol. The van der Waals surface area contributed by atoms with E-state index in [1.165, 1.54) is 56.6 Å². The van der Waals surface area contributed by atoms with Gasteiger partial charge in [-0.05, 0) is 48.9 Å². The van der Waals surface area contributed by atoms with E-state index in [4.69, 9.17) is 27.9 Å². The van der Waals surface area contributed by atoms with Crippen molar-refractivity contribution in [3.05, 3.63) is 52.5 Å². The Hall–Kier alpha value is -2.05. The van der Waals surface area contributed by atoms with Gasteiger partial charge in [-0.2, -0.15) is 0 Å². The first kappa shape index (κ1) is 28.2. The van der Waals surface area contributed by atoms with Gasteiger partial charge in [-0.25, -0.2) is 21.1 Å². The van der Waals surface area contributed by atoms with Crippen LogP contribution in [0.3, 0.4) is 0 Å². The maximum Gasteiger partial charge on any atom is 0.244 e. The van der Waals surface area contributed by atoms with E-state index in [0.717, 1.165) is 14.9 Å². The Bertz CT molecular complexity index is 1200. The quantitative estimate of drug-likeness (QED) is 0.429. The van der Waals surface area contributed by atoms with Crippen molar-refractivity contribution in [2.75, 3.05) is 37.8 Å². The Morgan fingerprint density at radius 2 is 1.59 bits per heavy atom. The van der Waals surface area contributed by atoms with Crippen molar-refractivity contribution >= 4 is 54.8 Å². The van der Waals surface area contributed by atoms with Gasteiger partial charge < -0.3 is 10.1 Å². The molecule has 34 heavy (non-hydrogen) atoms. The fourth-order valence-corrected chi connectivity index (χ4v) is 5.72. The van der Waals surface area contributed by atoms with Crippen molar-refractivity contribution in [1.29, 1.82) is 0 Å². The van der Waals surface area contributed by atoms with Crippen LogP contribution in [0.25, 0.3) is 0 Å². The first-order valence-corrected chi connectivity index (χ1v) is 14.2. The van der Waals surface area contributed by atoms with Gasteiger partial charge in [0.1, 0.15) is 18.4 Å². The normalized spacial score (nSPS) is 12.9. The molecule has 1 N–H and O–H groups in total. The van der Waals surface area contributed by atoms with Crippen LogP contribution >= 0.6 is 23.2 Å². The number of sulfonamides is 2. The van der Waals surface area contributed by atoms with Crippen molar-refractivity contribution < 1.29 is 26.4 Å². The molecule has 0 aliphatic carbocycles. The van der Waals surface area contributed by atoms with Gasteiger partial charge >= 0.3 is 0 Å². The summed E-state index contributed by atoms with van der Waals surface area (Å²) in [6, 6.07) is 9.17. The number of anilines is 1. The lowest BCUT2D eigenvalue weighted by Gasteiger charge is -2.30. The highest BCUT2D eigenvalue weighted by Gasteiger charge is 2.31. The van der Waals surface area contributed by atoms with Gasteiger partial charge in [0.2, 0.25) is 26.0 Å². The highest BCUT2D eigenvalue weighted by Crippen LogP contribution is 2.29. The SMILES string of the molecule is CC[C@H](C(=O)NCCOc1ccc(S(=O)(=O)N(C)C)cc1)N(c1cc(Cl)cc(Cl)c1)S(C)(=O)=O. The summed E-state index contributed by atoms with van der Waals surface area (Å²) in [6.07, 6.45) is 1.20. The highest BCUT2D eigenvalue weighted by atomic mass is 35.5. The maximum atomic E-state index is 12.8. The van der Waals surface area contributed by atoms with Crippen molar-refractivity contribution in [1.82, 2.24) is 9.62 Å². The molecule has 0 aromatic heterocycles. The van der Waals surface area contributed by atoms with Crippen LogP contribution in [0.4, 0.5) is 5.69 Å². The minimum Gasteiger partial charge on any atom is -0.492 e. The number of benzene rings is 2. The Morgan fingerprint density at radius 1 is 1.03 bits per heavy atom. The van der Waals surface area contributed by atoms with Gasteiger partial charge in [0.25, 0.3) is 0 Å². The summed E-state index contributed by atoms with van der Waals surface area (Å²) in [7, 11) is -4.49. The van der Waals surface area contributed by atoms with E-state index in [2.05, 4.69) is 5.32 Å². The van der Waals surface area contributed by atoms with Gasteiger partial charge in [0.05, 0.1) is 23.4 Å². The highest BCUT2D eigenvalue weighted by molar-refractivity contribution is 7.92. The molecule has 188 valence electrons. The number of halogens is 2. The number of nitrogens with zero attached hydrogens (tertiary/aromatic N) is 2. The van der Waals surface area contributed by atoms with Crippen LogP contribution in [-0.4, -0.2) is 66.6 Å². The Balaban J connectivity index is 2.04. The van der Waals surface area contributed by atoms with E-state index in [1.54, 1.807) is 6.92 Å². The summed E-state index contributed by atoms with van der Waals surface area (Å²) in [5, 5.41) is 3.15. The van der Waals surface area contributed by atoms with Gasteiger partial charge in [-0.15, -0.1) is 0 Å². The van der Waals surface area contributed by atoms with Gasteiger partial charge in [-0.3, -0.25) is 9.10 Å². The van der Waals surface area contributed by atoms with E-state index < -0.39 is 32.0 Å². The number of hydrogen-bond donors (Lipinski definition) is 1. The summed E-state index contributed by atoms with van der Waals surface area (Å²) >= 11 is 12.0. The fourth-order valence-electron chi connectivity index (χ4n) is 3.11. The maximum absolute atomic E-state index is 12.8. The van der Waals surface area contributed by atoms with Crippen LogP contribution in [0.5, 0.6) is 5.75 Å². The molecule has 2 aromatic rings. The number of nitrogens with one attached hydrogen (secondary N) is 1. The van der Waals surface area contributed by atoms with E-state index >= 15 is 0 Å². The standard InChI is InChI=1S/C21H27Cl2N3O6S2/c1-5-20(26(33(4,28)29)17-13-15(22)12-16(23)14-17)21(27)24-10-11-32-18-6-8-19(9-7-18)34(30,31)25(2)3/h6-9,12-14,20H,5,10-11H2,1-4H3,(H,24,27)/t20-/m1/s1. The number of carbonyl (C=O) groups is 1. The monoisotopic (exact) mass is 551 g/mol. The molecule has 0 heterocycles. The molecular formula is C21H27Cl2N3O6S2. The molecule has 0 spiro atoms. The van der Waals surface area contributed by atoms with E-state index in [9.17, 15) is 21.6 Å². The first-order chi connectivity index (χ1) is 15.8. The first-order valence-electron chi connectivity index (χ1n) is 10.2.